The Balaban J connectivity index is 1.83. The minimum Gasteiger partial charge on any atom is -0.344 e. The van der Waals surface area contributed by atoms with Gasteiger partial charge in [0, 0.05) is 10.7 Å². The molecule has 1 aromatic heterocycles. The first-order valence-corrected chi connectivity index (χ1v) is 7.54. The summed E-state index contributed by atoms with van der Waals surface area (Å²) in [4.78, 5) is 16.5. The molecule has 0 radical (unpaired) electrons. The monoisotopic (exact) mass is 330 g/mol. The highest BCUT2D eigenvalue weighted by molar-refractivity contribution is 9.10. The van der Waals surface area contributed by atoms with Crippen LogP contribution >= 0.6 is 15.9 Å². The van der Waals surface area contributed by atoms with Gasteiger partial charge in [-0.3, -0.25) is 4.79 Å². The van der Waals surface area contributed by atoms with Crippen LogP contribution in [-0.2, 0) is 6.42 Å². The highest BCUT2D eigenvalue weighted by Gasteiger charge is 2.22. The predicted octanol–water partition coefficient (Wildman–Crippen LogP) is 3.65. The quantitative estimate of drug-likeness (QED) is 0.913. The van der Waals surface area contributed by atoms with Crippen LogP contribution in [0.4, 0.5) is 0 Å². The summed E-state index contributed by atoms with van der Waals surface area (Å²) in [6.07, 6.45) is 4.81. The third-order valence-electron chi connectivity index (χ3n) is 3.65. The van der Waals surface area contributed by atoms with Crippen LogP contribution in [-0.4, -0.2) is 10.9 Å². The third kappa shape index (κ3) is 2.61. The van der Waals surface area contributed by atoms with Gasteiger partial charge in [-0.1, -0.05) is 24.3 Å². The molecule has 4 heteroatoms. The van der Waals surface area contributed by atoms with Gasteiger partial charge in [-0.2, -0.15) is 0 Å². The van der Waals surface area contributed by atoms with Crippen molar-refractivity contribution < 1.29 is 4.79 Å². The summed E-state index contributed by atoms with van der Waals surface area (Å²) in [7, 11) is 0. The fraction of sp³-hybridized carbons (Fsp3) is 0.250. The van der Waals surface area contributed by atoms with E-state index in [2.05, 4.69) is 44.4 Å². The number of pyridine rings is 1. The molecule has 1 aliphatic carbocycles. The van der Waals surface area contributed by atoms with E-state index in [4.69, 9.17) is 0 Å². The number of nitrogens with one attached hydrogen (secondary N) is 1. The zero-order valence-corrected chi connectivity index (χ0v) is 12.6. The molecule has 1 aliphatic rings. The smallest absolute Gasteiger partial charge is 0.271 e. The first-order chi connectivity index (χ1) is 9.75. The molecule has 1 amide bonds. The lowest BCUT2D eigenvalue weighted by Gasteiger charge is -2.26. The standard InChI is InChI=1S/C16H15BrN2O/c17-13-8-4-10-18-15(13)16(20)19-14-9-3-6-11-5-1-2-7-12(11)14/h1-2,4-5,7-8,10,14H,3,6,9H2,(H,19,20). The van der Waals surface area contributed by atoms with E-state index in [0.29, 0.717) is 5.69 Å². The minimum absolute atomic E-state index is 0.0846. The van der Waals surface area contributed by atoms with Crippen molar-refractivity contribution >= 4 is 21.8 Å². The average Bonchev–Trinajstić information content (AvgIpc) is 2.48. The van der Waals surface area contributed by atoms with Crippen LogP contribution < -0.4 is 5.32 Å². The third-order valence-corrected chi connectivity index (χ3v) is 4.29. The van der Waals surface area contributed by atoms with Crippen LogP contribution in [0.5, 0.6) is 0 Å². The molecule has 1 aromatic carbocycles. The summed E-state index contributed by atoms with van der Waals surface area (Å²) in [5.41, 5.74) is 3.01. The summed E-state index contributed by atoms with van der Waals surface area (Å²) in [5.74, 6) is -0.126. The van der Waals surface area contributed by atoms with Crippen molar-refractivity contribution in [2.75, 3.05) is 0 Å². The van der Waals surface area contributed by atoms with E-state index in [1.807, 2.05) is 12.1 Å². The number of carbonyl (C=O) groups excluding carboxylic acids is 1. The van der Waals surface area contributed by atoms with Crippen LogP contribution in [0.3, 0.4) is 0 Å². The maximum Gasteiger partial charge on any atom is 0.271 e. The molecule has 3 nitrogen and oxygen atoms in total. The molecule has 2 aromatic rings. The number of benzene rings is 1. The number of hydrogen-bond acceptors (Lipinski definition) is 2. The normalized spacial score (nSPS) is 17.4. The second-order valence-corrected chi connectivity index (χ2v) is 5.81. The van der Waals surface area contributed by atoms with Gasteiger partial charge in [-0.25, -0.2) is 4.98 Å². The van der Waals surface area contributed by atoms with Gasteiger partial charge in [0.15, 0.2) is 0 Å². The number of carbonyl (C=O) groups is 1. The zero-order chi connectivity index (χ0) is 13.9. The average molecular weight is 331 g/mol. The summed E-state index contributed by atoms with van der Waals surface area (Å²) < 4.78 is 0.724. The minimum atomic E-state index is -0.126. The number of halogens is 1. The largest absolute Gasteiger partial charge is 0.344 e. The highest BCUT2D eigenvalue weighted by Crippen LogP contribution is 2.29. The van der Waals surface area contributed by atoms with E-state index in [-0.39, 0.29) is 11.9 Å². The number of amides is 1. The van der Waals surface area contributed by atoms with E-state index < -0.39 is 0 Å². The topological polar surface area (TPSA) is 42.0 Å². The van der Waals surface area contributed by atoms with Crippen molar-refractivity contribution in [3.8, 4) is 0 Å². The molecular formula is C16H15BrN2O. The number of hydrogen-bond donors (Lipinski definition) is 1. The van der Waals surface area contributed by atoms with Crippen LogP contribution in [0.1, 0.15) is 40.5 Å². The number of fused-ring (bicyclic) bond motifs is 1. The lowest BCUT2D eigenvalue weighted by molar-refractivity contribution is 0.0927. The molecule has 0 bridgehead atoms. The Kier molecular flexibility index (Phi) is 3.83. The van der Waals surface area contributed by atoms with E-state index in [9.17, 15) is 4.79 Å². The molecule has 0 aliphatic heterocycles. The fourth-order valence-electron chi connectivity index (χ4n) is 2.68. The van der Waals surface area contributed by atoms with Gasteiger partial charge >= 0.3 is 0 Å². The predicted molar refractivity (Wildman–Crippen MR) is 81.5 cm³/mol. The maximum absolute atomic E-state index is 12.3. The Morgan fingerprint density at radius 1 is 1.25 bits per heavy atom. The summed E-state index contributed by atoms with van der Waals surface area (Å²) in [5, 5.41) is 3.10. The van der Waals surface area contributed by atoms with Crippen molar-refractivity contribution in [2.24, 2.45) is 0 Å². The first kappa shape index (κ1) is 13.3. The molecule has 1 heterocycles. The molecule has 1 unspecified atom stereocenters. The first-order valence-electron chi connectivity index (χ1n) is 6.75. The van der Waals surface area contributed by atoms with Gasteiger partial charge in [-0.15, -0.1) is 0 Å². The van der Waals surface area contributed by atoms with Gasteiger partial charge in [0.1, 0.15) is 5.69 Å². The number of aryl methyl sites for hydroxylation is 1. The van der Waals surface area contributed by atoms with Gasteiger partial charge < -0.3 is 5.32 Å². The molecule has 1 N–H and O–H groups in total. The summed E-state index contributed by atoms with van der Waals surface area (Å²) >= 11 is 3.37. The second-order valence-electron chi connectivity index (χ2n) is 4.95. The van der Waals surface area contributed by atoms with Crippen LogP contribution in [0.2, 0.25) is 0 Å². The molecule has 102 valence electrons. The fourth-order valence-corrected chi connectivity index (χ4v) is 3.12. The lowest BCUT2D eigenvalue weighted by Crippen LogP contribution is -2.31. The molecular weight excluding hydrogens is 316 g/mol. The Morgan fingerprint density at radius 2 is 2.10 bits per heavy atom. The van der Waals surface area contributed by atoms with Crippen molar-refractivity contribution in [2.45, 2.75) is 25.3 Å². The van der Waals surface area contributed by atoms with E-state index in [1.54, 1.807) is 12.3 Å². The molecule has 0 fully saturated rings. The van der Waals surface area contributed by atoms with Gasteiger partial charge in [0.2, 0.25) is 0 Å². The number of aromatic nitrogens is 1. The Hall–Kier alpha value is -1.68. The second kappa shape index (κ2) is 5.75. The lowest BCUT2D eigenvalue weighted by atomic mass is 9.87. The van der Waals surface area contributed by atoms with Crippen molar-refractivity contribution in [1.29, 1.82) is 0 Å². The van der Waals surface area contributed by atoms with Crippen LogP contribution in [0, 0.1) is 0 Å². The zero-order valence-electron chi connectivity index (χ0n) is 11.0. The van der Waals surface area contributed by atoms with E-state index >= 15 is 0 Å². The van der Waals surface area contributed by atoms with Crippen molar-refractivity contribution in [3.05, 3.63) is 63.9 Å². The Labute approximate surface area is 126 Å². The molecule has 0 saturated heterocycles. The molecule has 0 spiro atoms. The highest BCUT2D eigenvalue weighted by atomic mass is 79.9. The summed E-state index contributed by atoms with van der Waals surface area (Å²) in [6, 6.07) is 12.0. The summed E-state index contributed by atoms with van der Waals surface area (Å²) in [6.45, 7) is 0. The number of rotatable bonds is 2. The van der Waals surface area contributed by atoms with Gasteiger partial charge in [0.25, 0.3) is 5.91 Å². The SMILES string of the molecule is O=C(NC1CCCc2ccccc21)c1ncccc1Br. The molecule has 3 rings (SSSR count). The van der Waals surface area contributed by atoms with E-state index in [0.717, 1.165) is 23.7 Å². The maximum atomic E-state index is 12.3. The van der Waals surface area contributed by atoms with E-state index in [1.165, 1.54) is 11.1 Å². The number of nitrogens with zero attached hydrogens (tertiary/aromatic N) is 1. The Bertz CT molecular complexity index is 642. The molecule has 20 heavy (non-hydrogen) atoms. The van der Waals surface area contributed by atoms with Crippen molar-refractivity contribution in [1.82, 2.24) is 10.3 Å². The van der Waals surface area contributed by atoms with Gasteiger partial charge in [-0.05, 0) is 58.5 Å². The van der Waals surface area contributed by atoms with Crippen molar-refractivity contribution in [3.63, 3.8) is 0 Å². The Morgan fingerprint density at radius 3 is 2.95 bits per heavy atom. The molecule has 0 saturated carbocycles. The van der Waals surface area contributed by atoms with Gasteiger partial charge in [0.05, 0.1) is 6.04 Å². The molecule has 1 atom stereocenters. The van der Waals surface area contributed by atoms with Crippen LogP contribution in [0.15, 0.2) is 47.1 Å². The van der Waals surface area contributed by atoms with Crippen LogP contribution in [0.25, 0.3) is 0 Å².